The molecule has 1 amide bonds. The van der Waals surface area contributed by atoms with Gasteiger partial charge in [-0.05, 0) is 29.9 Å². The van der Waals surface area contributed by atoms with E-state index < -0.39 is 27.8 Å². The van der Waals surface area contributed by atoms with Gasteiger partial charge < -0.3 is 10.4 Å². The van der Waals surface area contributed by atoms with Gasteiger partial charge in [0.05, 0.1) is 11.3 Å². The number of benzene rings is 1. The number of sulfone groups is 1. The molecule has 0 saturated carbocycles. The second-order valence-electron chi connectivity index (χ2n) is 7.11. The fraction of sp³-hybridized carbons (Fsp3) is 0.529. The molecule has 134 valence electrons. The maximum Gasteiger partial charge on any atom is 0.326 e. The lowest BCUT2D eigenvalue weighted by molar-refractivity contribution is -0.142. The summed E-state index contributed by atoms with van der Waals surface area (Å²) in [6.45, 7) is 5.99. The number of aliphatic carboxylic acids is 1. The van der Waals surface area contributed by atoms with Crippen molar-refractivity contribution in [1.82, 2.24) is 5.32 Å². The Morgan fingerprint density at radius 3 is 2.29 bits per heavy atom. The fourth-order valence-corrected chi connectivity index (χ4v) is 3.21. The number of nitrogens with one attached hydrogen (secondary N) is 1. The first kappa shape index (κ1) is 20.2. The molecule has 1 atom stereocenters. The van der Waals surface area contributed by atoms with E-state index >= 15 is 0 Å². The van der Waals surface area contributed by atoms with E-state index in [1.54, 1.807) is 18.2 Å². The van der Waals surface area contributed by atoms with Gasteiger partial charge in [0, 0.05) is 6.26 Å². The first-order valence-electron chi connectivity index (χ1n) is 7.70. The Labute approximate surface area is 143 Å². The first-order valence-corrected chi connectivity index (χ1v) is 9.59. The van der Waals surface area contributed by atoms with Crippen molar-refractivity contribution in [2.45, 2.75) is 51.0 Å². The van der Waals surface area contributed by atoms with E-state index in [1.807, 2.05) is 20.8 Å². The molecule has 0 aliphatic carbocycles. The van der Waals surface area contributed by atoms with Crippen LogP contribution < -0.4 is 5.32 Å². The Balaban J connectivity index is 2.83. The molecule has 0 heterocycles. The van der Waals surface area contributed by atoms with E-state index in [0.717, 1.165) is 6.26 Å². The summed E-state index contributed by atoms with van der Waals surface area (Å²) in [7, 11) is -3.45. The summed E-state index contributed by atoms with van der Waals surface area (Å²) in [6, 6.07) is 5.24. The molecule has 0 fully saturated rings. The summed E-state index contributed by atoms with van der Waals surface area (Å²) in [5, 5.41) is 11.7. The Kier molecular flexibility index (Phi) is 6.54. The minimum Gasteiger partial charge on any atom is -0.480 e. The van der Waals surface area contributed by atoms with Crippen molar-refractivity contribution < 1.29 is 23.1 Å². The summed E-state index contributed by atoms with van der Waals surface area (Å²) in [6.07, 6.45) is 1.86. The molecule has 0 aliphatic heterocycles. The topological polar surface area (TPSA) is 101 Å². The number of hydrogen-bond donors (Lipinski definition) is 2. The van der Waals surface area contributed by atoms with Crippen molar-refractivity contribution in [2.24, 2.45) is 5.41 Å². The van der Waals surface area contributed by atoms with Crippen molar-refractivity contribution in [3.63, 3.8) is 0 Å². The molecule has 2 N–H and O–H groups in total. The van der Waals surface area contributed by atoms with Crippen molar-refractivity contribution in [1.29, 1.82) is 0 Å². The number of carbonyl (C=O) groups is 2. The highest BCUT2D eigenvalue weighted by molar-refractivity contribution is 7.90. The number of carbonyl (C=O) groups excluding carboxylic acids is 1. The zero-order valence-electron chi connectivity index (χ0n) is 14.5. The molecule has 6 nitrogen and oxygen atoms in total. The Hall–Kier alpha value is -1.89. The van der Waals surface area contributed by atoms with Crippen LogP contribution in [0.4, 0.5) is 0 Å². The van der Waals surface area contributed by atoms with E-state index in [2.05, 4.69) is 5.32 Å². The van der Waals surface area contributed by atoms with Gasteiger partial charge in [-0.1, -0.05) is 39.0 Å². The summed E-state index contributed by atoms with van der Waals surface area (Å²) in [5.74, 6) is -1.60. The van der Waals surface area contributed by atoms with Crippen LogP contribution in [0.5, 0.6) is 0 Å². The molecule has 1 aromatic rings. The second kappa shape index (κ2) is 7.79. The Morgan fingerprint density at radius 2 is 1.79 bits per heavy atom. The van der Waals surface area contributed by atoms with E-state index in [9.17, 15) is 23.1 Å². The number of hydrogen-bond acceptors (Lipinski definition) is 4. The summed E-state index contributed by atoms with van der Waals surface area (Å²) in [5.41, 5.74) is 0.318. The predicted molar refractivity (Wildman–Crippen MR) is 91.5 cm³/mol. The summed E-state index contributed by atoms with van der Waals surface area (Å²) >= 11 is 0. The highest BCUT2D eigenvalue weighted by atomic mass is 32.2. The largest absolute Gasteiger partial charge is 0.480 e. The third-order valence-electron chi connectivity index (χ3n) is 3.54. The molecule has 0 radical (unpaired) electrons. The SMILES string of the molecule is CC(C)(C)CCC(NC(=O)Cc1ccccc1S(C)(=O)=O)C(=O)O. The molecule has 1 aromatic carbocycles. The molecular formula is C17H25NO5S. The van der Waals surface area contributed by atoms with Crippen molar-refractivity contribution in [3.8, 4) is 0 Å². The molecule has 0 saturated heterocycles. The molecule has 0 spiro atoms. The van der Waals surface area contributed by atoms with Crippen LogP contribution in [0.15, 0.2) is 29.2 Å². The van der Waals surface area contributed by atoms with Gasteiger partial charge in [-0.25, -0.2) is 13.2 Å². The number of carboxylic acid groups (broad SMARTS) is 1. The summed E-state index contributed by atoms with van der Waals surface area (Å²) < 4.78 is 23.5. The van der Waals surface area contributed by atoms with E-state index in [-0.39, 0.29) is 16.7 Å². The highest BCUT2D eigenvalue weighted by Crippen LogP contribution is 2.22. The average Bonchev–Trinajstić information content (AvgIpc) is 2.41. The summed E-state index contributed by atoms with van der Waals surface area (Å²) in [4.78, 5) is 23.6. The van der Waals surface area contributed by atoms with Crippen LogP contribution in [0.25, 0.3) is 0 Å². The molecule has 24 heavy (non-hydrogen) atoms. The molecule has 0 bridgehead atoms. The predicted octanol–water partition coefficient (Wildman–Crippen LogP) is 2.03. The van der Waals surface area contributed by atoms with Gasteiger partial charge in [0.25, 0.3) is 0 Å². The number of carboxylic acids is 1. The lowest BCUT2D eigenvalue weighted by Crippen LogP contribution is -2.42. The minimum absolute atomic E-state index is 0.0404. The van der Waals surface area contributed by atoms with Gasteiger partial charge in [0.15, 0.2) is 9.84 Å². The zero-order chi connectivity index (χ0) is 18.5. The van der Waals surface area contributed by atoms with E-state index in [4.69, 9.17) is 0 Å². The van der Waals surface area contributed by atoms with Gasteiger partial charge >= 0.3 is 5.97 Å². The normalized spacial score (nSPS) is 13.3. The van der Waals surface area contributed by atoms with E-state index in [1.165, 1.54) is 6.07 Å². The van der Waals surface area contributed by atoms with Gasteiger partial charge in [-0.15, -0.1) is 0 Å². The molecule has 1 rings (SSSR count). The van der Waals surface area contributed by atoms with Gasteiger partial charge in [-0.2, -0.15) is 0 Å². The van der Waals surface area contributed by atoms with Gasteiger partial charge in [0.1, 0.15) is 6.04 Å². The van der Waals surface area contributed by atoms with Crippen LogP contribution >= 0.6 is 0 Å². The monoisotopic (exact) mass is 355 g/mol. The third kappa shape index (κ3) is 6.70. The van der Waals surface area contributed by atoms with Gasteiger partial charge in [-0.3, -0.25) is 4.79 Å². The first-order chi connectivity index (χ1) is 10.9. The van der Waals surface area contributed by atoms with Crippen molar-refractivity contribution >= 4 is 21.7 Å². The molecule has 7 heteroatoms. The quantitative estimate of drug-likeness (QED) is 0.779. The van der Waals surface area contributed by atoms with Crippen LogP contribution in [0.3, 0.4) is 0 Å². The fourth-order valence-electron chi connectivity index (χ4n) is 2.26. The lowest BCUT2D eigenvalue weighted by Gasteiger charge is -2.21. The second-order valence-corrected chi connectivity index (χ2v) is 9.10. The lowest BCUT2D eigenvalue weighted by atomic mass is 9.88. The van der Waals surface area contributed by atoms with Crippen LogP contribution in [-0.4, -0.2) is 37.7 Å². The van der Waals surface area contributed by atoms with Gasteiger partial charge in [0.2, 0.25) is 5.91 Å². The van der Waals surface area contributed by atoms with Crippen molar-refractivity contribution in [2.75, 3.05) is 6.26 Å². The number of rotatable bonds is 7. The highest BCUT2D eigenvalue weighted by Gasteiger charge is 2.23. The van der Waals surface area contributed by atoms with Crippen LogP contribution in [0, 0.1) is 5.41 Å². The zero-order valence-corrected chi connectivity index (χ0v) is 15.3. The molecule has 0 aromatic heterocycles. The smallest absolute Gasteiger partial charge is 0.326 e. The maximum absolute atomic E-state index is 12.2. The van der Waals surface area contributed by atoms with Crippen LogP contribution in [0.1, 0.15) is 39.2 Å². The third-order valence-corrected chi connectivity index (χ3v) is 4.74. The standard InChI is InChI=1S/C17H25NO5S/c1-17(2,3)10-9-13(16(20)21)18-15(19)11-12-7-5-6-8-14(12)24(4,22)23/h5-8,13H,9-11H2,1-4H3,(H,18,19)(H,20,21). The Morgan fingerprint density at radius 1 is 1.21 bits per heavy atom. The van der Waals surface area contributed by atoms with E-state index in [0.29, 0.717) is 18.4 Å². The maximum atomic E-state index is 12.2. The molecule has 1 unspecified atom stereocenters. The minimum atomic E-state index is -3.45. The Bertz CT molecular complexity index is 704. The van der Waals surface area contributed by atoms with Crippen LogP contribution in [0.2, 0.25) is 0 Å². The van der Waals surface area contributed by atoms with Crippen molar-refractivity contribution in [3.05, 3.63) is 29.8 Å². The molecule has 0 aliphatic rings. The molecular weight excluding hydrogens is 330 g/mol. The van der Waals surface area contributed by atoms with Crippen LogP contribution in [-0.2, 0) is 25.8 Å². The number of amides is 1. The average molecular weight is 355 g/mol.